The molecule has 19 N–H and O–H groups in total. The zero-order chi connectivity index (χ0) is 42.2. The van der Waals surface area contributed by atoms with Crippen LogP contribution in [0.3, 0.4) is 0 Å². The Morgan fingerprint density at radius 2 is 1.12 bits per heavy atom. The second kappa shape index (κ2) is 22.0. The lowest BCUT2D eigenvalue weighted by atomic mass is 9.72. The van der Waals surface area contributed by atoms with Crippen LogP contribution in [0.1, 0.15) is 19.3 Å². The molecule has 3 aliphatic heterocycles. The van der Waals surface area contributed by atoms with E-state index in [2.05, 4.69) is 0 Å². The number of aliphatic hydroxyl groups excluding tert-OH is 18. The standard InChI is InChI=1S/C31H58O25/c32-4-1-10(37)17(40)20(43)27(47)31(50)16-13(7-35)53-30(23(46)26(16)56-31)55-25(12(39)3-6-34)22(45)29(49)54-24(11(38)2-5-33)21(44)28(48)52-15-9-51-14(8-36)18(41)19(15)42/h10-30,32-50H,1-9H2. The molecule has 0 radical (unpaired) electrons. The van der Waals surface area contributed by atoms with Gasteiger partial charge in [-0.05, 0) is 19.3 Å². The van der Waals surface area contributed by atoms with Crippen molar-refractivity contribution in [2.75, 3.05) is 39.6 Å². The molecule has 22 unspecified atom stereocenters. The Labute approximate surface area is 318 Å². The molecule has 0 aliphatic carbocycles. The highest BCUT2D eigenvalue weighted by Gasteiger charge is 2.69. The molecule has 0 aromatic heterocycles. The molecule has 0 bridgehead atoms. The minimum Gasteiger partial charge on any atom is -0.396 e. The summed E-state index contributed by atoms with van der Waals surface area (Å²) in [5.41, 5.74) is 0. The van der Waals surface area contributed by atoms with Crippen LogP contribution < -0.4 is 0 Å². The van der Waals surface area contributed by atoms with Gasteiger partial charge in [-0.2, -0.15) is 0 Å². The topological polar surface area (TPSA) is 440 Å². The van der Waals surface area contributed by atoms with Crippen LogP contribution in [0.5, 0.6) is 0 Å². The molecule has 25 heteroatoms. The molecule has 0 aromatic rings. The van der Waals surface area contributed by atoms with Crippen molar-refractivity contribution < 1.29 is 125 Å². The summed E-state index contributed by atoms with van der Waals surface area (Å²) in [5.74, 6) is -4.40. The third kappa shape index (κ3) is 11.0. The normalized spacial score (nSPS) is 37.4. The van der Waals surface area contributed by atoms with Gasteiger partial charge in [0.05, 0.1) is 50.2 Å². The fraction of sp³-hybridized carbons (Fsp3) is 1.00. The SMILES string of the molecule is OCCC(O)C(O)C(O)C(O)C1(O)OC2C(O)C(OC(C(O)CCO)C(O)C(O)OC(C(O)CCO)C(O)C(O)OC3COC(CO)C(O)C3O)OC(CO)C21. The van der Waals surface area contributed by atoms with E-state index in [0.29, 0.717) is 0 Å². The summed E-state index contributed by atoms with van der Waals surface area (Å²) in [6.07, 6.45) is -41.4. The van der Waals surface area contributed by atoms with Crippen molar-refractivity contribution in [1.29, 1.82) is 0 Å². The Morgan fingerprint density at radius 1 is 0.589 bits per heavy atom. The zero-order valence-electron chi connectivity index (χ0n) is 29.9. The Morgan fingerprint density at radius 3 is 1.68 bits per heavy atom. The smallest absolute Gasteiger partial charge is 0.203 e. The summed E-state index contributed by atoms with van der Waals surface area (Å²) in [5, 5.41) is 196. The van der Waals surface area contributed by atoms with Gasteiger partial charge < -0.3 is 125 Å². The highest BCUT2D eigenvalue weighted by atomic mass is 16.7. The lowest BCUT2D eigenvalue weighted by molar-refractivity contribution is -0.473. The van der Waals surface area contributed by atoms with Crippen molar-refractivity contribution in [2.45, 2.75) is 148 Å². The van der Waals surface area contributed by atoms with Gasteiger partial charge in [0, 0.05) is 19.8 Å². The monoisotopic (exact) mass is 830 g/mol. The maximum Gasteiger partial charge on any atom is 0.203 e. The number of hydrogen-bond donors (Lipinski definition) is 19. The average Bonchev–Trinajstić information content (AvgIpc) is 3.16. The largest absolute Gasteiger partial charge is 0.396 e. The summed E-state index contributed by atoms with van der Waals surface area (Å²) in [6.45, 7) is -4.26. The molecule has 0 saturated carbocycles. The fourth-order valence-electron chi connectivity index (χ4n) is 6.79. The second-order valence-corrected chi connectivity index (χ2v) is 13.9. The van der Waals surface area contributed by atoms with Gasteiger partial charge in [0.25, 0.3) is 0 Å². The van der Waals surface area contributed by atoms with E-state index in [9.17, 15) is 91.9 Å². The van der Waals surface area contributed by atoms with E-state index in [-0.39, 0.29) is 0 Å². The lowest BCUT2D eigenvalue weighted by Crippen LogP contribution is -2.79. The Balaban J connectivity index is 1.77. The van der Waals surface area contributed by atoms with Gasteiger partial charge in [0.1, 0.15) is 79.4 Å². The van der Waals surface area contributed by atoms with Crippen LogP contribution in [0.25, 0.3) is 0 Å². The zero-order valence-corrected chi connectivity index (χ0v) is 29.9. The van der Waals surface area contributed by atoms with Crippen LogP contribution in [-0.2, 0) is 28.4 Å². The maximum absolute atomic E-state index is 11.1. The van der Waals surface area contributed by atoms with Crippen molar-refractivity contribution >= 4 is 0 Å². The number of aliphatic hydroxyl groups is 19. The molecule has 332 valence electrons. The first-order valence-corrected chi connectivity index (χ1v) is 17.9. The van der Waals surface area contributed by atoms with Crippen LogP contribution in [0.2, 0.25) is 0 Å². The molecule has 56 heavy (non-hydrogen) atoms. The summed E-state index contributed by atoms with van der Waals surface area (Å²) < 4.78 is 32.0. The molecule has 25 nitrogen and oxygen atoms in total. The number of hydrogen-bond acceptors (Lipinski definition) is 25. The van der Waals surface area contributed by atoms with Gasteiger partial charge >= 0.3 is 0 Å². The first-order chi connectivity index (χ1) is 26.3. The molecule has 3 rings (SSSR count). The molecule has 0 spiro atoms. The van der Waals surface area contributed by atoms with E-state index in [1.54, 1.807) is 0 Å². The van der Waals surface area contributed by atoms with Gasteiger partial charge in [-0.25, -0.2) is 0 Å². The predicted molar refractivity (Wildman–Crippen MR) is 174 cm³/mol. The van der Waals surface area contributed by atoms with E-state index in [4.69, 9.17) is 33.5 Å². The molecule has 0 aromatic carbocycles. The molecule has 3 aliphatic rings. The number of ether oxygens (including phenoxy) is 6. The lowest BCUT2D eigenvalue weighted by Gasteiger charge is -2.60. The van der Waals surface area contributed by atoms with E-state index in [1.165, 1.54) is 0 Å². The summed E-state index contributed by atoms with van der Waals surface area (Å²) in [7, 11) is 0. The molecule has 3 heterocycles. The van der Waals surface area contributed by atoms with Crippen LogP contribution >= 0.6 is 0 Å². The molecular weight excluding hydrogens is 772 g/mol. The van der Waals surface area contributed by atoms with Gasteiger partial charge in [0.2, 0.25) is 5.79 Å². The molecule has 22 atom stereocenters. The minimum absolute atomic E-state index is 0.424. The van der Waals surface area contributed by atoms with Gasteiger partial charge in [-0.1, -0.05) is 0 Å². The Hall–Kier alpha value is -1.00. The predicted octanol–water partition coefficient (Wildman–Crippen LogP) is -11.3. The van der Waals surface area contributed by atoms with E-state index >= 15 is 0 Å². The molecular formula is C31H58O25. The third-order valence-electron chi connectivity index (χ3n) is 10.1. The molecule has 3 saturated heterocycles. The van der Waals surface area contributed by atoms with Crippen LogP contribution in [0, 0.1) is 5.92 Å². The number of fused-ring (bicyclic) bond motifs is 1. The molecule has 3 fully saturated rings. The van der Waals surface area contributed by atoms with Crippen LogP contribution in [0.4, 0.5) is 0 Å². The van der Waals surface area contributed by atoms with Gasteiger partial charge in [-0.3, -0.25) is 0 Å². The first kappa shape index (κ1) is 49.4. The Bertz CT molecular complexity index is 1130. The third-order valence-corrected chi connectivity index (χ3v) is 10.1. The van der Waals surface area contributed by atoms with E-state index < -0.39 is 193 Å². The van der Waals surface area contributed by atoms with Crippen molar-refractivity contribution in [3.63, 3.8) is 0 Å². The van der Waals surface area contributed by atoms with Crippen LogP contribution in [0.15, 0.2) is 0 Å². The van der Waals surface area contributed by atoms with Crippen molar-refractivity contribution in [3.8, 4) is 0 Å². The van der Waals surface area contributed by atoms with Gasteiger partial charge in [0.15, 0.2) is 18.9 Å². The highest BCUT2D eigenvalue weighted by molar-refractivity contribution is 5.10. The fourth-order valence-corrected chi connectivity index (χ4v) is 6.79. The summed E-state index contributed by atoms with van der Waals surface area (Å²) in [4.78, 5) is 0. The van der Waals surface area contributed by atoms with Gasteiger partial charge in [-0.15, -0.1) is 0 Å². The summed E-state index contributed by atoms with van der Waals surface area (Å²) >= 11 is 0. The van der Waals surface area contributed by atoms with Crippen molar-refractivity contribution in [3.05, 3.63) is 0 Å². The van der Waals surface area contributed by atoms with E-state index in [1.807, 2.05) is 0 Å². The summed E-state index contributed by atoms with van der Waals surface area (Å²) in [6, 6.07) is 0. The first-order valence-electron chi connectivity index (χ1n) is 17.9. The van der Waals surface area contributed by atoms with Crippen molar-refractivity contribution in [1.82, 2.24) is 0 Å². The average molecular weight is 831 g/mol. The number of rotatable bonds is 24. The van der Waals surface area contributed by atoms with Crippen molar-refractivity contribution in [2.24, 2.45) is 5.92 Å². The molecule has 0 amide bonds. The minimum atomic E-state index is -2.83. The maximum atomic E-state index is 11.1. The quantitative estimate of drug-likeness (QED) is 0.0402. The second-order valence-electron chi connectivity index (χ2n) is 13.9. The van der Waals surface area contributed by atoms with E-state index in [0.717, 1.165) is 0 Å². The Kier molecular flexibility index (Phi) is 19.4. The van der Waals surface area contributed by atoms with Crippen LogP contribution in [-0.4, -0.2) is 265 Å². The highest BCUT2D eigenvalue weighted by Crippen LogP contribution is 2.49.